The maximum absolute atomic E-state index is 10.1. The molecular formula is C15H21N3O3S. The summed E-state index contributed by atoms with van der Waals surface area (Å²) >= 11 is 1.28. The Balaban J connectivity index is 2.27. The van der Waals surface area contributed by atoms with Gasteiger partial charge in [0, 0.05) is 22.7 Å². The van der Waals surface area contributed by atoms with Gasteiger partial charge in [-0.3, -0.25) is 0 Å². The van der Waals surface area contributed by atoms with Crippen molar-refractivity contribution in [2.24, 2.45) is 16.6 Å². The van der Waals surface area contributed by atoms with Crippen molar-refractivity contribution in [1.29, 1.82) is 0 Å². The van der Waals surface area contributed by atoms with Gasteiger partial charge >= 0.3 is 0 Å². The lowest BCUT2D eigenvalue weighted by Gasteiger charge is -2.27. The molecule has 0 aliphatic carbocycles. The highest BCUT2D eigenvalue weighted by Gasteiger charge is 2.24. The standard InChI is InChI=1S/C15H21N3O3S/c1-7(2)13-9(6-16)14(21)18-15(17-13)22-12-5-11(20)10(19)4-8(12)3/h4-5,7,14,19-21H,6,16H2,1-3H3,(H,17,18). The van der Waals surface area contributed by atoms with Gasteiger partial charge in [-0.15, -0.1) is 0 Å². The third-order valence-corrected chi connectivity index (χ3v) is 4.48. The monoisotopic (exact) mass is 323 g/mol. The molecule has 2 rings (SSSR count). The molecule has 1 aromatic carbocycles. The molecule has 0 fully saturated rings. The summed E-state index contributed by atoms with van der Waals surface area (Å²) in [6, 6.07) is 2.96. The van der Waals surface area contributed by atoms with Gasteiger partial charge in [0.25, 0.3) is 0 Å². The van der Waals surface area contributed by atoms with Gasteiger partial charge in [0.1, 0.15) is 0 Å². The lowest BCUT2D eigenvalue weighted by Crippen LogP contribution is -2.35. The number of thioether (sulfide) groups is 1. The quantitative estimate of drug-likeness (QED) is 0.541. The van der Waals surface area contributed by atoms with E-state index in [9.17, 15) is 15.3 Å². The Morgan fingerprint density at radius 2 is 1.95 bits per heavy atom. The van der Waals surface area contributed by atoms with Crippen LogP contribution >= 0.6 is 11.8 Å². The van der Waals surface area contributed by atoms with Crippen LogP contribution in [0.3, 0.4) is 0 Å². The number of phenolic OH excluding ortho intramolecular Hbond substituents is 2. The minimum atomic E-state index is -0.961. The number of aromatic hydroxyl groups is 2. The van der Waals surface area contributed by atoms with Crippen LogP contribution in [0.1, 0.15) is 19.4 Å². The fraction of sp³-hybridized carbons (Fsp3) is 0.400. The lowest BCUT2D eigenvalue weighted by molar-refractivity contribution is 0.214. The minimum absolute atomic E-state index is 0.159. The van der Waals surface area contributed by atoms with Gasteiger partial charge in [0.15, 0.2) is 22.9 Å². The summed E-state index contributed by atoms with van der Waals surface area (Å²) in [5.74, 6) is -0.172. The first-order valence-electron chi connectivity index (χ1n) is 6.99. The number of amidine groups is 1. The molecule has 1 atom stereocenters. The Hall–Kier alpha value is -1.70. The van der Waals surface area contributed by atoms with Crippen molar-refractivity contribution in [3.05, 3.63) is 29.0 Å². The predicted octanol–water partition coefficient (Wildman–Crippen LogP) is 1.64. The average molecular weight is 323 g/mol. The lowest BCUT2D eigenvalue weighted by atomic mass is 10.0. The molecule has 1 aromatic rings. The van der Waals surface area contributed by atoms with Crippen LogP contribution in [0, 0.1) is 12.8 Å². The fourth-order valence-corrected chi connectivity index (χ4v) is 3.13. The molecule has 1 heterocycles. The molecule has 0 aromatic heterocycles. The number of allylic oxidation sites excluding steroid dienone is 1. The van der Waals surface area contributed by atoms with Crippen LogP contribution < -0.4 is 11.1 Å². The maximum Gasteiger partial charge on any atom is 0.173 e. The van der Waals surface area contributed by atoms with Crippen molar-refractivity contribution in [2.45, 2.75) is 31.9 Å². The number of aliphatic hydroxyl groups is 1. The van der Waals surface area contributed by atoms with Gasteiger partial charge in [-0.25, -0.2) is 4.99 Å². The highest BCUT2D eigenvalue weighted by Crippen LogP contribution is 2.35. The summed E-state index contributed by atoms with van der Waals surface area (Å²) in [7, 11) is 0. The molecule has 6 nitrogen and oxygen atoms in total. The number of nitrogens with two attached hydrogens (primary N) is 1. The second-order valence-electron chi connectivity index (χ2n) is 5.44. The summed E-state index contributed by atoms with van der Waals surface area (Å²) < 4.78 is 0. The topological polar surface area (TPSA) is 111 Å². The first-order chi connectivity index (χ1) is 10.3. The number of aliphatic hydroxyl groups excluding tert-OH is 1. The van der Waals surface area contributed by atoms with Crippen LogP contribution in [0.5, 0.6) is 11.5 Å². The molecule has 0 bridgehead atoms. The number of hydrogen-bond donors (Lipinski definition) is 5. The van der Waals surface area contributed by atoms with E-state index in [0.717, 1.165) is 16.2 Å². The normalized spacial score (nSPS) is 18.5. The highest BCUT2D eigenvalue weighted by atomic mass is 32.2. The Labute approximate surface area is 133 Å². The van der Waals surface area contributed by atoms with Crippen LogP contribution in [0.25, 0.3) is 0 Å². The Morgan fingerprint density at radius 1 is 1.32 bits per heavy atom. The zero-order valence-corrected chi connectivity index (χ0v) is 13.6. The molecule has 0 radical (unpaired) electrons. The van der Waals surface area contributed by atoms with E-state index in [2.05, 4.69) is 10.3 Å². The van der Waals surface area contributed by atoms with E-state index in [1.807, 2.05) is 20.8 Å². The zero-order valence-electron chi connectivity index (χ0n) is 12.8. The van der Waals surface area contributed by atoms with Gasteiger partial charge in [0.05, 0.1) is 0 Å². The van der Waals surface area contributed by atoms with Gasteiger partial charge in [0.2, 0.25) is 0 Å². The van der Waals surface area contributed by atoms with Gasteiger partial charge in [-0.2, -0.15) is 0 Å². The van der Waals surface area contributed by atoms with Crippen molar-refractivity contribution in [2.75, 3.05) is 6.54 Å². The smallest absolute Gasteiger partial charge is 0.173 e. The van der Waals surface area contributed by atoms with Crippen molar-refractivity contribution in [3.8, 4) is 11.5 Å². The summed E-state index contributed by atoms with van der Waals surface area (Å²) in [4.78, 5) is 4.94. The van der Waals surface area contributed by atoms with Crippen LogP contribution in [-0.4, -0.2) is 33.3 Å². The third-order valence-electron chi connectivity index (χ3n) is 3.41. The summed E-state index contributed by atoms with van der Waals surface area (Å²) in [5.41, 5.74) is 8.04. The molecule has 7 heteroatoms. The molecule has 22 heavy (non-hydrogen) atoms. The van der Waals surface area contributed by atoms with Crippen molar-refractivity contribution in [1.82, 2.24) is 5.32 Å². The van der Waals surface area contributed by atoms with Crippen LogP contribution in [0.15, 0.2) is 33.3 Å². The molecule has 120 valence electrons. The largest absolute Gasteiger partial charge is 0.504 e. The molecule has 0 saturated carbocycles. The second kappa shape index (κ2) is 6.60. The molecule has 1 aliphatic rings. The van der Waals surface area contributed by atoms with E-state index < -0.39 is 6.23 Å². The number of aryl methyl sites for hydroxylation is 1. The van der Waals surface area contributed by atoms with E-state index in [-0.39, 0.29) is 24.0 Å². The van der Waals surface area contributed by atoms with Crippen molar-refractivity contribution < 1.29 is 15.3 Å². The minimum Gasteiger partial charge on any atom is -0.504 e. The molecule has 0 spiro atoms. The number of benzene rings is 1. The van der Waals surface area contributed by atoms with Gasteiger partial charge < -0.3 is 26.4 Å². The van der Waals surface area contributed by atoms with Crippen molar-refractivity contribution >= 4 is 16.9 Å². The third kappa shape index (κ3) is 3.37. The molecule has 1 unspecified atom stereocenters. The molecule has 0 amide bonds. The molecular weight excluding hydrogens is 302 g/mol. The average Bonchev–Trinajstić information content (AvgIpc) is 2.44. The van der Waals surface area contributed by atoms with Gasteiger partial charge in [-0.1, -0.05) is 25.6 Å². The zero-order chi connectivity index (χ0) is 16.4. The Bertz CT molecular complexity index is 641. The molecule has 6 N–H and O–H groups in total. The Morgan fingerprint density at radius 3 is 2.55 bits per heavy atom. The predicted molar refractivity (Wildman–Crippen MR) is 87.9 cm³/mol. The van der Waals surface area contributed by atoms with E-state index in [4.69, 9.17) is 5.73 Å². The highest BCUT2D eigenvalue weighted by molar-refractivity contribution is 8.13. The van der Waals surface area contributed by atoms with Gasteiger partial charge in [-0.05, 0) is 30.5 Å². The number of nitrogens with zero attached hydrogens (tertiary/aromatic N) is 1. The maximum atomic E-state index is 10.1. The SMILES string of the molecule is Cc1cc(O)c(O)cc1SC1=NC(O)C(CN)=C(C(C)C)N1. The first kappa shape index (κ1) is 16.7. The van der Waals surface area contributed by atoms with E-state index in [1.54, 1.807) is 0 Å². The summed E-state index contributed by atoms with van der Waals surface area (Å²) in [6.07, 6.45) is -0.961. The summed E-state index contributed by atoms with van der Waals surface area (Å²) in [5, 5.41) is 33.0. The van der Waals surface area contributed by atoms with Crippen LogP contribution in [0.4, 0.5) is 0 Å². The van der Waals surface area contributed by atoms with E-state index in [0.29, 0.717) is 10.7 Å². The number of phenols is 2. The fourth-order valence-electron chi connectivity index (χ4n) is 2.21. The van der Waals surface area contributed by atoms with Crippen LogP contribution in [-0.2, 0) is 0 Å². The van der Waals surface area contributed by atoms with E-state index >= 15 is 0 Å². The first-order valence-corrected chi connectivity index (χ1v) is 7.81. The molecule has 0 saturated heterocycles. The van der Waals surface area contributed by atoms with E-state index in [1.165, 1.54) is 23.9 Å². The summed E-state index contributed by atoms with van der Waals surface area (Å²) in [6.45, 7) is 6.08. The second-order valence-corrected chi connectivity index (χ2v) is 6.47. The number of rotatable bonds is 3. The number of hydrogen-bond acceptors (Lipinski definition) is 7. The molecule has 1 aliphatic heterocycles. The van der Waals surface area contributed by atoms with Crippen LogP contribution in [0.2, 0.25) is 0 Å². The van der Waals surface area contributed by atoms with Crippen molar-refractivity contribution in [3.63, 3.8) is 0 Å². The number of nitrogens with one attached hydrogen (secondary N) is 1. The Kier molecular flexibility index (Phi) is 5.00. The number of aliphatic imine (C=N–C) groups is 1.